The molecule has 202 valence electrons. The SMILES string of the molecule is CC(C)[Si](c1cc(Cl)c(C(=O)C(=O)c2sc([Si](C(C)C)(C(C)C)C(C)C)cc2Cl)s1)(C(C)C)C(C)C. The maximum Gasteiger partial charge on any atom is 0.245 e. The van der Waals surface area contributed by atoms with Crippen LogP contribution in [0.25, 0.3) is 0 Å². The molecular formula is C28H44Cl2O2S2Si2. The van der Waals surface area contributed by atoms with Crippen LogP contribution in [0.15, 0.2) is 12.1 Å². The van der Waals surface area contributed by atoms with E-state index >= 15 is 0 Å². The third kappa shape index (κ3) is 5.16. The molecule has 0 unspecified atom stereocenters. The van der Waals surface area contributed by atoms with Crippen LogP contribution in [-0.2, 0) is 0 Å². The zero-order valence-electron chi connectivity index (χ0n) is 24.0. The van der Waals surface area contributed by atoms with Gasteiger partial charge in [-0.05, 0) is 54.4 Å². The first-order valence-corrected chi connectivity index (χ1v) is 20.0. The molecular weight excluding hydrogens is 560 g/mol. The monoisotopic (exact) mass is 602 g/mol. The van der Waals surface area contributed by atoms with Crippen molar-refractivity contribution in [1.82, 2.24) is 0 Å². The lowest BCUT2D eigenvalue weighted by Crippen LogP contribution is -2.54. The second kappa shape index (κ2) is 11.9. The van der Waals surface area contributed by atoms with E-state index in [1.165, 1.54) is 31.7 Å². The predicted octanol–water partition coefficient (Wildman–Crippen LogP) is 9.95. The van der Waals surface area contributed by atoms with E-state index < -0.39 is 27.7 Å². The van der Waals surface area contributed by atoms with Crippen molar-refractivity contribution in [1.29, 1.82) is 0 Å². The molecule has 0 radical (unpaired) electrons. The molecule has 0 amide bonds. The molecule has 36 heavy (non-hydrogen) atoms. The minimum atomic E-state index is -1.99. The largest absolute Gasteiger partial charge is 0.284 e. The highest BCUT2D eigenvalue weighted by atomic mass is 35.5. The van der Waals surface area contributed by atoms with Crippen molar-refractivity contribution in [3.63, 3.8) is 0 Å². The van der Waals surface area contributed by atoms with Crippen molar-refractivity contribution in [2.24, 2.45) is 0 Å². The van der Waals surface area contributed by atoms with Crippen LogP contribution in [0.2, 0.25) is 43.3 Å². The number of halogens is 2. The second-order valence-corrected chi connectivity index (χ2v) is 27.4. The summed E-state index contributed by atoms with van der Waals surface area (Å²) in [6, 6.07) is 3.96. The number of carbonyl (C=O) groups excluding carboxylic acids is 2. The standard InChI is InChI=1S/C28H44Cl2O2S2Si2/c1-15(2)35(16(3)4,17(5)6)23-13-21(29)27(33-23)25(31)26(32)28-22(30)14-24(34-28)36(18(7)8,19(9)10)20(11)12/h13-20H,1-12H3. The molecule has 0 aliphatic carbocycles. The van der Waals surface area contributed by atoms with Gasteiger partial charge in [0.05, 0.1) is 19.8 Å². The van der Waals surface area contributed by atoms with Gasteiger partial charge in [-0.2, -0.15) is 0 Å². The maximum atomic E-state index is 13.6. The number of thiophene rings is 2. The summed E-state index contributed by atoms with van der Waals surface area (Å²) < 4.78 is 2.43. The number of ketones is 2. The summed E-state index contributed by atoms with van der Waals surface area (Å²) in [6.07, 6.45) is 0. The zero-order chi connectivity index (χ0) is 27.9. The lowest BCUT2D eigenvalue weighted by atomic mass is 10.2. The van der Waals surface area contributed by atoms with Gasteiger partial charge in [-0.15, -0.1) is 22.7 Å². The molecule has 0 aliphatic heterocycles. The molecule has 0 saturated heterocycles. The van der Waals surface area contributed by atoms with Gasteiger partial charge in [-0.1, -0.05) is 106 Å². The van der Waals surface area contributed by atoms with Crippen LogP contribution < -0.4 is 9.00 Å². The molecule has 0 fully saturated rings. The molecule has 0 atom stereocenters. The lowest BCUT2D eigenvalue weighted by Gasteiger charge is -2.42. The highest BCUT2D eigenvalue weighted by Crippen LogP contribution is 2.45. The van der Waals surface area contributed by atoms with Crippen molar-refractivity contribution in [2.75, 3.05) is 0 Å². The summed E-state index contributed by atoms with van der Waals surface area (Å²) in [6.45, 7) is 27.4. The highest BCUT2D eigenvalue weighted by Gasteiger charge is 2.48. The molecule has 0 aliphatic rings. The van der Waals surface area contributed by atoms with Gasteiger partial charge in [-0.25, -0.2) is 0 Å². The summed E-state index contributed by atoms with van der Waals surface area (Å²) in [4.78, 5) is 27.9. The molecule has 2 nitrogen and oxygen atoms in total. The van der Waals surface area contributed by atoms with Crippen LogP contribution in [0.1, 0.15) is 102 Å². The van der Waals surface area contributed by atoms with Crippen molar-refractivity contribution in [3.8, 4) is 0 Å². The number of hydrogen-bond donors (Lipinski definition) is 0. The minimum absolute atomic E-state index is 0.363. The minimum Gasteiger partial charge on any atom is -0.284 e. The van der Waals surface area contributed by atoms with Crippen molar-refractivity contribution < 1.29 is 9.59 Å². The quantitative estimate of drug-likeness (QED) is 0.146. The van der Waals surface area contributed by atoms with E-state index in [9.17, 15) is 9.59 Å². The van der Waals surface area contributed by atoms with Gasteiger partial charge in [0.1, 0.15) is 16.1 Å². The molecule has 0 aromatic carbocycles. The average molecular weight is 604 g/mol. The Hall–Kier alpha value is -0.246. The van der Waals surface area contributed by atoms with Crippen molar-refractivity contribution in [2.45, 2.75) is 116 Å². The van der Waals surface area contributed by atoms with Crippen LogP contribution in [0.3, 0.4) is 0 Å². The van der Waals surface area contributed by atoms with E-state index in [2.05, 4.69) is 83.1 Å². The van der Waals surface area contributed by atoms with E-state index in [0.29, 0.717) is 53.0 Å². The number of carbonyl (C=O) groups is 2. The second-order valence-electron chi connectivity index (χ2n) is 12.0. The fourth-order valence-corrected chi connectivity index (χ4v) is 28.3. The van der Waals surface area contributed by atoms with E-state index in [-0.39, 0.29) is 0 Å². The Morgan fingerprint density at radius 3 is 0.972 bits per heavy atom. The first-order chi connectivity index (χ1) is 16.5. The number of hydrogen-bond acceptors (Lipinski definition) is 4. The molecule has 2 heterocycles. The Kier molecular flexibility index (Phi) is 10.5. The van der Waals surface area contributed by atoms with Crippen LogP contribution in [-0.4, -0.2) is 27.7 Å². The Labute approximate surface area is 239 Å². The van der Waals surface area contributed by atoms with E-state index in [0.717, 1.165) is 0 Å². The Balaban J connectivity index is 2.60. The lowest BCUT2D eigenvalue weighted by molar-refractivity contribution is 0.0822. The highest BCUT2D eigenvalue weighted by molar-refractivity contribution is 7.31. The summed E-state index contributed by atoms with van der Waals surface area (Å²) >= 11 is 16.2. The molecule has 0 saturated carbocycles. The van der Waals surface area contributed by atoms with Gasteiger partial charge < -0.3 is 0 Å². The van der Waals surface area contributed by atoms with Crippen LogP contribution in [0.5, 0.6) is 0 Å². The van der Waals surface area contributed by atoms with Gasteiger partial charge in [0.2, 0.25) is 11.6 Å². The van der Waals surface area contributed by atoms with Crippen molar-refractivity contribution >= 4 is 82.6 Å². The molecule has 0 bridgehead atoms. The third-order valence-corrected chi connectivity index (χ3v) is 27.5. The van der Waals surface area contributed by atoms with Gasteiger partial charge in [0.25, 0.3) is 0 Å². The normalized spacial score (nSPS) is 13.3. The van der Waals surface area contributed by atoms with Gasteiger partial charge >= 0.3 is 0 Å². The summed E-state index contributed by atoms with van der Waals surface area (Å²) in [7, 11) is -3.98. The molecule has 2 aromatic rings. The molecule has 0 N–H and O–H groups in total. The Bertz CT molecular complexity index is 967. The average Bonchev–Trinajstić information content (AvgIpc) is 3.29. The first-order valence-electron chi connectivity index (χ1n) is 13.2. The maximum absolute atomic E-state index is 13.6. The van der Waals surface area contributed by atoms with E-state index in [1.54, 1.807) is 0 Å². The smallest absolute Gasteiger partial charge is 0.245 e. The predicted molar refractivity (Wildman–Crippen MR) is 169 cm³/mol. The summed E-state index contributed by atoms with van der Waals surface area (Å²) in [5.41, 5.74) is 2.92. The molecule has 8 heteroatoms. The first kappa shape index (κ1) is 32.0. The van der Waals surface area contributed by atoms with Gasteiger partial charge in [-0.3, -0.25) is 9.59 Å². The topological polar surface area (TPSA) is 34.1 Å². The molecule has 2 rings (SSSR count). The van der Waals surface area contributed by atoms with E-state index in [4.69, 9.17) is 23.2 Å². The zero-order valence-corrected chi connectivity index (χ0v) is 29.2. The van der Waals surface area contributed by atoms with E-state index in [1.807, 2.05) is 12.1 Å². The van der Waals surface area contributed by atoms with Crippen LogP contribution >= 0.6 is 45.9 Å². The van der Waals surface area contributed by atoms with Gasteiger partial charge in [0, 0.05) is 0 Å². The summed E-state index contributed by atoms with van der Waals surface area (Å²) in [5, 5.41) is 0.797. The van der Waals surface area contributed by atoms with Crippen LogP contribution in [0.4, 0.5) is 0 Å². The number of Topliss-reactive ketones (excluding diaryl/α,β-unsaturated/α-hetero) is 2. The Morgan fingerprint density at radius 2 is 0.778 bits per heavy atom. The molecule has 0 spiro atoms. The van der Waals surface area contributed by atoms with Crippen molar-refractivity contribution in [3.05, 3.63) is 31.9 Å². The third-order valence-electron chi connectivity index (χ3n) is 8.58. The fourth-order valence-electron chi connectivity index (χ4n) is 7.39. The molecule has 2 aromatic heterocycles. The van der Waals surface area contributed by atoms with Gasteiger partial charge in [0.15, 0.2) is 0 Å². The Morgan fingerprint density at radius 1 is 0.556 bits per heavy atom. The number of rotatable bonds is 11. The van der Waals surface area contributed by atoms with Crippen LogP contribution in [0, 0.1) is 0 Å². The summed E-state index contributed by atoms with van der Waals surface area (Å²) in [5.74, 6) is -1.06. The fraction of sp³-hybridized carbons (Fsp3) is 0.643.